The quantitative estimate of drug-likeness (QED) is 0.0992. The zero-order valence-electron chi connectivity index (χ0n) is 23.0. The van der Waals surface area contributed by atoms with Crippen LogP contribution in [0.3, 0.4) is 0 Å². The first-order valence-corrected chi connectivity index (χ1v) is 13.5. The number of phenolic OH excluding ortho intramolecular Hbond substituents is 3. The molecule has 7 atom stereocenters. The number of hydrogen-bond donors (Lipinski definition) is 11. The molecule has 1 unspecified atom stereocenters. The highest BCUT2D eigenvalue weighted by Gasteiger charge is 2.51. The molecule has 0 spiro atoms. The number of rotatable bonds is 6. The Hall–Kier alpha value is -4.20. The molecule has 1 saturated heterocycles. The second-order valence-corrected chi connectivity index (χ2v) is 10.9. The smallest absolute Gasteiger partial charge is 0.338 e. The third-order valence-corrected chi connectivity index (χ3v) is 7.74. The minimum Gasteiger partial charge on any atom is -0.508 e. The van der Waals surface area contributed by atoms with Crippen LogP contribution in [-0.4, -0.2) is 123 Å². The molecule has 2 fully saturated rings. The summed E-state index contributed by atoms with van der Waals surface area (Å²) in [5, 5.41) is 112. The number of carbonyl (C=O) groups is 1. The summed E-state index contributed by atoms with van der Waals surface area (Å²) in [5.41, 5.74) is -4.12. The van der Waals surface area contributed by atoms with Gasteiger partial charge in [0, 0.05) is 24.5 Å². The van der Waals surface area contributed by atoms with Crippen molar-refractivity contribution in [3.8, 4) is 40.1 Å². The van der Waals surface area contributed by atoms with Crippen LogP contribution in [0.4, 0.5) is 0 Å². The van der Waals surface area contributed by atoms with Crippen molar-refractivity contribution in [1.82, 2.24) is 0 Å². The van der Waals surface area contributed by atoms with E-state index in [9.17, 15) is 65.8 Å². The number of phenols is 3. The first-order chi connectivity index (χ1) is 21.1. The van der Waals surface area contributed by atoms with Crippen molar-refractivity contribution in [1.29, 1.82) is 0 Å². The number of carbonyl (C=O) groups excluding carboxylic acids is 1. The molecule has 5 rings (SSSR count). The van der Waals surface area contributed by atoms with Crippen LogP contribution in [0.5, 0.6) is 28.7 Å². The van der Waals surface area contributed by atoms with Crippen LogP contribution < -0.4 is 10.2 Å². The monoisotopic (exact) mass is 638 g/mol. The predicted octanol–water partition coefficient (Wildman–Crippen LogP) is -2.38. The Labute approximate surface area is 251 Å². The second kappa shape index (κ2) is 12.0. The van der Waals surface area contributed by atoms with Gasteiger partial charge in [-0.3, -0.25) is 4.79 Å². The van der Waals surface area contributed by atoms with E-state index in [4.69, 9.17) is 18.6 Å². The summed E-state index contributed by atoms with van der Waals surface area (Å²) in [6.45, 7) is -0.861. The molecule has 1 saturated carbocycles. The molecule has 3 aromatic rings. The summed E-state index contributed by atoms with van der Waals surface area (Å²) < 4.78 is 21.4. The van der Waals surface area contributed by atoms with E-state index in [1.54, 1.807) is 0 Å². The molecular formula is C28H30O17. The highest BCUT2D eigenvalue weighted by atomic mass is 16.7. The molecule has 11 N–H and O–H groups in total. The Kier molecular flexibility index (Phi) is 8.55. The van der Waals surface area contributed by atoms with Gasteiger partial charge in [0.15, 0.2) is 22.7 Å². The summed E-state index contributed by atoms with van der Waals surface area (Å²) in [7, 11) is 0. The van der Waals surface area contributed by atoms with Gasteiger partial charge in [0.05, 0.1) is 12.2 Å². The zero-order valence-corrected chi connectivity index (χ0v) is 23.0. The minimum absolute atomic E-state index is 0.105. The molecule has 2 heterocycles. The average Bonchev–Trinajstić information content (AvgIpc) is 2.99. The van der Waals surface area contributed by atoms with Crippen LogP contribution in [0.1, 0.15) is 12.8 Å². The maximum atomic E-state index is 12.9. The SMILES string of the molecule is O=C(OC[C@H]1OC(Oc2cc(O)c3c(=O)c(O)c(-c4ccc(O)cc4)oc3c2O)[C@H](O)[C@@H](O)[C@@H]1O)C1(O)C[C@@H](O)C(O)[C@H](O)C1. The predicted molar refractivity (Wildman–Crippen MR) is 145 cm³/mol. The van der Waals surface area contributed by atoms with Crippen molar-refractivity contribution >= 4 is 16.9 Å². The van der Waals surface area contributed by atoms with Crippen molar-refractivity contribution in [2.24, 2.45) is 0 Å². The van der Waals surface area contributed by atoms with Crippen molar-refractivity contribution in [3.63, 3.8) is 0 Å². The molecule has 17 nitrogen and oxygen atoms in total. The molecule has 1 aliphatic heterocycles. The summed E-state index contributed by atoms with van der Waals surface area (Å²) in [5.74, 6) is -5.28. The highest BCUT2D eigenvalue weighted by molar-refractivity contribution is 5.93. The van der Waals surface area contributed by atoms with E-state index in [0.29, 0.717) is 0 Å². The van der Waals surface area contributed by atoms with E-state index in [2.05, 4.69) is 0 Å². The van der Waals surface area contributed by atoms with E-state index in [-0.39, 0.29) is 11.3 Å². The summed E-state index contributed by atoms with van der Waals surface area (Å²) in [6.07, 6.45) is -15.7. The number of aromatic hydroxyl groups is 4. The van der Waals surface area contributed by atoms with Crippen molar-refractivity contribution in [2.45, 2.75) is 67.5 Å². The number of benzene rings is 2. The summed E-state index contributed by atoms with van der Waals surface area (Å²) >= 11 is 0. The minimum atomic E-state index is -2.42. The maximum absolute atomic E-state index is 12.9. The average molecular weight is 639 g/mol. The molecule has 0 amide bonds. The number of aliphatic hydroxyl groups is 7. The molecule has 1 aliphatic carbocycles. The van der Waals surface area contributed by atoms with Gasteiger partial charge < -0.3 is 74.8 Å². The molecule has 0 radical (unpaired) electrons. The molecule has 17 heteroatoms. The van der Waals surface area contributed by atoms with Crippen molar-refractivity contribution in [3.05, 3.63) is 40.6 Å². The van der Waals surface area contributed by atoms with Gasteiger partial charge in [-0.25, -0.2) is 4.79 Å². The first-order valence-electron chi connectivity index (χ1n) is 13.5. The second-order valence-electron chi connectivity index (χ2n) is 10.9. The standard InChI is InChI=1S/C28H30O17/c29-10-3-1-9(2-4-10)24-22(38)20(36)16-11(30)5-14(19(35)25(16)45-24)43-26-23(39)21(37)18(34)15(44-26)8-42-27(40)28(41)6-12(31)17(33)13(32)7-28/h1-5,12-13,15,17-18,21,23,26,29-35,37-39,41H,6-8H2/t12-,13-,15-,17?,18-,21+,23-,26?,28?/m1/s1. The molecule has 2 aromatic carbocycles. The fourth-order valence-electron chi connectivity index (χ4n) is 5.21. The third-order valence-electron chi connectivity index (χ3n) is 7.74. The lowest BCUT2D eigenvalue weighted by atomic mass is 9.79. The Balaban J connectivity index is 1.39. The van der Waals surface area contributed by atoms with Gasteiger partial charge in [-0.1, -0.05) is 0 Å². The van der Waals surface area contributed by atoms with Crippen LogP contribution in [-0.2, 0) is 14.3 Å². The van der Waals surface area contributed by atoms with Gasteiger partial charge in [0.2, 0.25) is 23.2 Å². The van der Waals surface area contributed by atoms with Gasteiger partial charge in [0.1, 0.15) is 54.0 Å². The fraction of sp³-hybridized carbons (Fsp3) is 0.429. The molecule has 1 aromatic heterocycles. The molecule has 0 bridgehead atoms. The Morgan fingerprint density at radius 2 is 1.49 bits per heavy atom. The van der Waals surface area contributed by atoms with Crippen LogP contribution in [0.15, 0.2) is 39.5 Å². The lowest BCUT2D eigenvalue weighted by Gasteiger charge is -2.41. The van der Waals surface area contributed by atoms with Crippen molar-refractivity contribution < 1.29 is 79.6 Å². The van der Waals surface area contributed by atoms with Gasteiger partial charge in [-0.2, -0.15) is 0 Å². The van der Waals surface area contributed by atoms with Crippen LogP contribution >= 0.6 is 0 Å². The number of hydrogen-bond acceptors (Lipinski definition) is 17. The summed E-state index contributed by atoms with van der Waals surface area (Å²) in [6, 6.07) is 5.78. The molecular weight excluding hydrogens is 608 g/mol. The number of aliphatic hydroxyl groups excluding tert-OH is 6. The first kappa shape index (κ1) is 32.2. The lowest BCUT2D eigenvalue weighted by molar-refractivity contribution is -0.280. The fourth-order valence-corrected chi connectivity index (χ4v) is 5.21. The number of esters is 1. The molecule has 2 aliphatic rings. The Bertz CT molecular complexity index is 1620. The highest BCUT2D eigenvalue weighted by Crippen LogP contribution is 2.43. The van der Waals surface area contributed by atoms with Gasteiger partial charge in [-0.15, -0.1) is 0 Å². The van der Waals surface area contributed by atoms with E-state index in [0.717, 1.165) is 6.07 Å². The van der Waals surface area contributed by atoms with Crippen LogP contribution in [0.2, 0.25) is 0 Å². The van der Waals surface area contributed by atoms with E-state index >= 15 is 0 Å². The van der Waals surface area contributed by atoms with Crippen LogP contribution in [0, 0.1) is 0 Å². The molecule has 244 valence electrons. The van der Waals surface area contributed by atoms with E-state index in [1.165, 1.54) is 24.3 Å². The molecule has 45 heavy (non-hydrogen) atoms. The van der Waals surface area contributed by atoms with E-state index < -0.39 is 125 Å². The zero-order chi connectivity index (χ0) is 33.0. The topological polar surface area (TPSA) is 298 Å². The van der Waals surface area contributed by atoms with Gasteiger partial charge in [0.25, 0.3) is 0 Å². The number of fused-ring (bicyclic) bond motifs is 1. The maximum Gasteiger partial charge on any atom is 0.338 e. The number of ether oxygens (including phenoxy) is 3. The van der Waals surface area contributed by atoms with Gasteiger partial charge >= 0.3 is 5.97 Å². The Morgan fingerprint density at radius 3 is 2.11 bits per heavy atom. The van der Waals surface area contributed by atoms with Crippen molar-refractivity contribution in [2.75, 3.05) is 6.61 Å². The van der Waals surface area contributed by atoms with E-state index in [1.807, 2.05) is 0 Å². The largest absolute Gasteiger partial charge is 0.508 e. The normalized spacial score (nSPS) is 31.9. The lowest BCUT2D eigenvalue weighted by Crippen LogP contribution is -2.61. The third kappa shape index (κ3) is 5.83. The summed E-state index contributed by atoms with van der Waals surface area (Å²) in [4.78, 5) is 25.5. The van der Waals surface area contributed by atoms with Gasteiger partial charge in [-0.05, 0) is 24.3 Å². The Morgan fingerprint density at radius 1 is 0.867 bits per heavy atom. The van der Waals surface area contributed by atoms with Crippen LogP contribution in [0.25, 0.3) is 22.3 Å².